The number of methoxy groups -OCH3 is 2. The van der Waals surface area contributed by atoms with Crippen molar-refractivity contribution in [2.24, 2.45) is 0 Å². The van der Waals surface area contributed by atoms with Crippen LogP contribution < -0.4 is 10.6 Å². The van der Waals surface area contributed by atoms with Gasteiger partial charge in [-0.2, -0.15) is 0 Å². The Morgan fingerprint density at radius 3 is 2.33 bits per heavy atom. The Kier molecular flexibility index (Phi) is 9.90. The highest BCUT2D eigenvalue weighted by atomic mass is 16.5. The number of carboxylic acids is 1. The molecule has 21 heavy (non-hydrogen) atoms. The number of amides is 3. The van der Waals surface area contributed by atoms with E-state index >= 15 is 0 Å². The SMILES string of the molecule is COCCNC(=O)CN(C)C(=O)NC(CCOC)C(=O)O. The summed E-state index contributed by atoms with van der Waals surface area (Å²) in [5, 5.41) is 13.9. The molecule has 0 spiro atoms. The number of hydrogen-bond donors (Lipinski definition) is 3. The molecule has 122 valence electrons. The Morgan fingerprint density at radius 1 is 1.19 bits per heavy atom. The number of hydrogen-bond acceptors (Lipinski definition) is 5. The maximum Gasteiger partial charge on any atom is 0.326 e. The Hall–Kier alpha value is -1.87. The molecule has 0 saturated carbocycles. The first-order valence-corrected chi connectivity index (χ1v) is 6.41. The Bertz CT molecular complexity index is 350. The molecule has 0 aromatic heterocycles. The Labute approximate surface area is 123 Å². The fraction of sp³-hybridized carbons (Fsp3) is 0.750. The van der Waals surface area contributed by atoms with Gasteiger partial charge in [-0.1, -0.05) is 0 Å². The number of likely N-dealkylation sites (N-methyl/N-ethyl adjacent to an activating group) is 1. The van der Waals surface area contributed by atoms with Crippen LogP contribution in [0.5, 0.6) is 0 Å². The molecule has 1 atom stereocenters. The summed E-state index contributed by atoms with van der Waals surface area (Å²) in [4.78, 5) is 35.4. The van der Waals surface area contributed by atoms with Crippen molar-refractivity contribution in [1.82, 2.24) is 15.5 Å². The predicted molar refractivity (Wildman–Crippen MR) is 74.0 cm³/mol. The summed E-state index contributed by atoms with van der Waals surface area (Å²) in [5.41, 5.74) is 0. The molecule has 0 aromatic rings. The van der Waals surface area contributed by atoms with Gasteiger partial charge in [-0.25, -0.2) is 9.59 Å². The van der Waals surface area contributed by atoms with E-state index in [-0.39, 0.29) is 25.5 Å². The smallest absolute Gasteiger partial charge is 0.326 e. The van der Waals surface area contributed by atoms with Crippen LogP contribution in [-0.2, 0) is 19.1 Å². The van der Waals surface area contributed by atoms with Crippen LogP contribution in [0.4, 0.5) is 4.79 Å². The molecule has 0 aliphatic carbocycles. The highest BCUT2D eigenvalue weighted by Crippen LogP contribution is 1.95. The van der Waals surface area contributed by atoms with E-state index in [2.05, 4.69) is 10.6 Å². The zero-order valence-corrected chi connectivity index (χ0v) is 12.5. The van der Waals surface area contributed by atoms with E-state index < -0.39 is 18.0 Å². The minimum atomic E-state index is -1.15. The van der Waals surface area contributed by atoms with Crippen molar-refractivity contribution in [3.05, 3.63) is 0 Å². The summed E-state index contributed by atoms with van der Waals surface area (Å²) >= 11 is 0. The normalized spacial score (nSPS) is 11.6. The largest absolute Gasteiger partial charge is 0.480 e. The van der Waals surface area contributed by atoms with E-state index in [4.69, 9.17) is 14.6 Å². The number of nitrogens with one attached hydrogen (secondary N) is 2. The van der Waals surface area contributed by atoms with Gasteiger partial charge in [0.1, 0.15) is 12.6 Å². The minimum absolute atomic E-state index is 0.144. The van der Waals surface area contributed by atoms with E-state index in [9.17, 15) is 14.4 Å². The monoisotopic (exact) mass is 305 g/mol. The molecule has 1 unspecified atom stereocenters. The zero-order valence-electron chi connectivity index (χ0n) is 12.5. The summed E-state index contributed by atoms with van der Waals surface area (Å²) in [5.74, 6) is -1.51. The molecule has 0 heterocycles. The highest BCUT2D eigenvalue weighted by Gasteiger charge is 2.22. The molecular formula is C12H23N3O6. The topological polar surface area (TPSA) is 117 Å². The summed E-state index contributed by atoms with van der Waals surface area (Å²) < 4.78 is 9.56. The first kappa shape index (κ1) is 19.1. The number of rotatable bonds is 10. The predicted octanol–water partition coefficient (Wildman–Crippen LogP) is -1.12. The standard InChI is InChI=1S/C12H23N3O6/c1-15(8-10(16)13-5-7-21-3)12(19)14-9(11(17)18)4-6-20-2/h9H,4-8H2,1-3H3,(H,13,16)(H,14,19)(H,17,18). The molecular weight excluding hydrogens is 282 g/mol. The van der Waals surface area contributed by atoms with Crippen LogP contribution in [0.2, 0.25) is 0 Å². The van der Waals surface area contributed by atoms with E-state index in [1.165, 1.54) is 21.3 Å². The summed E-state index contributed by atoms with van der Waals surface area (Å²) in [6.07, 6.45) is 0.144. The molecule has 9 heteroatoms. The van der Waals surface area contributed by atoms with Crippen LogP contribution in [0.1, 0.15) is 6.42 Å². The van der Waals surface area contributed by atoms with Crippen molar-refractivity contribution in [3.63, 3.8) is 0 Å². The van der Waals surface area contributed by atoms with E-state index in [1.54, 1.807) is 0 Å². The quantitative estimate of drug-likeness (QED) is 0.440. The first-order valence-electron chi connectivity index (χ1n) is 6.41. The minimum Gasteiger partial charge on any atom is -0.480 e. The van der Waals surface area contributed by atoms with Gasteiger partial charge >= 0.3 is 12.0 Å². The molecule has 0 aromatic carbocycles. The van der Waals surface area contributed by atoms with Crippen molar-refractivity contribution >= 4 is 17.9 Å². The van der Waals surface area contributed by atoms with Gasteiger partial charge in [0.2, 0.25) is 5.91 Å². The van der Waals surface area contributed by atoms with Crippen LogP contribution in [0.15, 0.2) is 0 Å². The third-order valence-electron chi connectivity index (χ3n) is 2.56. The van der Waals surface area contributed by atoms with Crippen molar-refractivity contribution in [2.75, 3.05) is 47.6 Å². The molecule has 0 aliphatic heterocycles. The lowest BCUT2D eigenvalue weighted by Gasteiger charge is -2.21. The number of carbonyl (C=O) groups excluding carboxylic acids is 2. The second kappa shape index (κ2) is 10.9. The number of aliphatic carboxylic acids is 1. The zero-order chi connectivity index (χ0) is 16.3. The molecule has 0 bridgehead atoms. The van der Waals surface area contributed by atoms with Crippen LogP contribution in [-0.4, -0.2) is 81.5 Å². The fourth-order valence-corrected chi connectivity index (χ4v) is 1.39. The third-order valence-corrected chi connectivity index (χ3v) is 2.56. The van der Waals surface area contributed by atoms with Crippen molar-refractivity contribution in [1.29, 1.82) is 0 Å². The van der Waals surface area contributed by atoms with E-state index in [1.807, 2.05) is 0 Å². The van der Waals surface area contributed by atoms with Gasteiger partial charge in [-0.15, -0.1) is 0 Å². The first-order chi connectivity index (χ1) is 9.92. The van der Waals surface area contributed by atoms with Crippen LogP contribution in [0.3, 0.4) is 0 Å². The van der Waals surface area contributed by atoms with Gasteiger partial charge in [-0.3, -0.25) is 4.79 Å². The molecule has 3 amide bonds. The molecule has 0 saturated heterocycles. The van der Waals surface area contributed by atoms with Gasteiger partial charge in [-0.05, 0) is 0 Å². The van der Waals surface area contributed by atoms with Gasteiger partial charge < -0.3 is 30.1 Å². The summed E-state index contributed by atoms with van der Waals surface area (Å²) in [6.45, 7) is 0.751. The summed E-state index contributed by atoms with van der Waals surface area (Å²) in [6, 6.07) is -1.70. The van der Waals surface area contributed by atoms with Crippen molar-refractivity contribution < 1.29 is 29.0 Å². The van der Waals surface area contributed by atoms with E-state index in [0.717, 1.165) is 4.90 Å². The number of urea groups is 1. The molecule has 0 rings (SSSR count). The second-order valence-electron chi connectivity index (χ2n) is 4.32. The van der Waals surface area contributed by atoms with Gasteiger partial charge in [0.05, 0.1) is 6.61 Å². The lowest BCUT2D eigenvalue weighted by molar-refractivity contribution is -0.139. The Morgan fingerprint density at radius 2 is 1.81 bits per heavy atom. The molecule has 9 nitrogen and oxygen atoms in total. The van der Waals surface area contributed by atoms with Crippen molar-refractivity contribution in [3.8, 4) is 0 Å². The van der Waals surface area contributed by atoms with Crippen molar-refractivity contribution in [2.45, 2.75) is 12.5 Å². The van der Waals surface area contributed by atoms with Crippen LogP contribution >= 0.6 is 0 Å². The molecule has 0 radical (unpaired) electrons. The maximum atomic E-state index is 11.8. The molecule has 0 fully saturated rings. The Balaban J connectivity index is 4.22. The van der Waals surface area contributed by atoms with Crippen LogP contribution in [0.25, 0.3) is 0 Å². The van der Waals surface area contributed by atoms with Gasteiger partial charge in [0.15, 0.2) is 0 Å². The summed E-state index contributed by atoms with van der Waals surface area (Å²) in [7, 11) is 4.36. The van der Waals surface area contributed by atoms with E-state index in [0.29, 0.717) is 13.2 Å². The number of nitrogens with zero attached hydrogens (tertiary/aromatic N) is 1. The molecule has 3 N–H and O–H groups in total. The third kappa shape index (κ3) is 8.82. The lowest BCUT2D eigenvalue weighted by atomic mass is 10.2. The molecule has 0 aliphatic rings. The number of carboxylic acid groups (broad SMARTS) is 1. The average molecular weight is 305 g/mol. The highest BCUT2D eigenvalue weighted by molar-refractivity contribution is 5.86. The lowest BCUT2D eigenvalue weighted by Crippen LogP contribution is -2.49. The number of carbonyl (C=O) groups is 3. The van der Waals surface area contributed by atoms with Crippen LogP contribution in [0, 0.1) is 0 Å². The number of ether oxygens (including phenoxy) is 2. The average Bonchev–Trinajstić information content (AvgIpc) is 2.42. The van der Waals surface area contributed by atoms with Gasteiger partial charge in [0.25, 0.3) is 0 Å². The fourth-order valence-electron chi connectivity index (χ4n) is 1.39. The maximum absolute atomic E-state index is 11.8. The second-order valence-corrected chi connectivity index (χ2v) is 4.32. The van der Waals surface area contributed by atoms with Gasteiger partial charge in [0, 0.05) is 40.8 Å².